The summed E-state index contributed by atoms with van der Waals surface area (Å²) in [4.78, 5) is 16.0. The Bertz CT molecular complexity index is 360. The lowest BCUT2D eigenvalue weighted by Crippen LogP contribution is -2.27. The van der Waals surface area contributed by atoms with E-state index in [4.69, 9.17) is 0 Å². The molecule has 1 aromatic heterocycles. The molecule has 2 N–H and O–H groups in total. The lowest BCUT2D eigenvalue weighted by atomic mass is 10.2. The molecule has 0 saturated carbocycles. The van der Waals surface area contributed by atoms with Crippen molar-refractivity contribution in [1.82, 2.24) is 14.9 Å². The van der Waals surface area contributed by atoms with Crippen molar-refractivity contribution in [1.29, 1.82) is 0 Å². The highest BCUT2D eigenvalue weighted by Crippen LogP contribution is 2.13. The van der Waals surface area contributed by atoms with Crippen molar-refractivity contribution in [3.63, 3.8) is 0 Å². The molecule has 0 spiro atoms. The van der Waals surface area contributed by atoms with Crippen molar-refractivity contribution in [2.24, 2.45) is 5.92 Å². The number of amides is 1. The molecule has 0 bridgehead atoms. The second kappa shape index (κ2) is 4.55. The normalized spacial score (nSPS) is 14.4. The van der Waals surface area contributed by atoms with Crippen LogP contribution in [0.15, 0.2) is 6.20 Å². The van der Waals surface area contributed by atoms with E-state index in [1.165, 1.54) is 0 Å². The Morgan fingerprint density at radius 2 is 2.50 bits per heavy atom. The highest BCUT2D eigenvalue weighted by Gasteiger charge is 2.16. The van der Waals surface area contributed by atoms with Crippen LogP contribution in [0.1, 0.15) is 30.8 Å². The average molecular weight is 222 g/mol. The molecule has 0 aromatic carbocycles. The third-order valence-electron chi connectivity index (χ3n) is 2.54. The number of imidazole rings is 1. The summed E-state index contributed by atoms with van der Waals surface area (Å²) in [6, 6.07) is 0. The monoisotopic (exact) mass is 222 g/mol. The van der Waals surface area contributed by atoms with E-state index in [0.717, 1.165) is 25.5 Å². The van der Waals surface area contributed by atoms with Gasteiger partial charge in [0.05, 0.1) is 0 Å². The number of hydrogen-bond acceptors (Lipinski definition) is 3. The molecule has 5 heteroatoms. The number of aromatic nitrogens is 2. The molecule has 1 aromatic rings. The molecule has 88 valence electrons. The Morgan fingerprint density at radius 3 is 3.19 bits per heavy atom. The van der Waals surface area contributed by atoms with Crippen LogP contribution in [0.4, 0.5) is 5.95 Å². The summed E-state index contributed by atoms with van der Waals surface area (Å²) in [5, 5.41) is 6.04. The second-order valence-electron chi connectivity index (χ2n) is 4.53. The average Bonchev–Trinajstić information content (AvgIpc) is 2.69. The fraction of sp³-hybridized carbons (Fsp3) is 0.636. The van der Waals surface area contributed by atoms with E-state index >= 15 is 0 Å². The number of anilines is 1. The van der Waals surface area contributed by atoms with E-state index in [1.807, 2.05) is 10.8 Å². The number of carbonyl (C=O) groups excluding carboxylic acids is 1. The van der Waals surface area contributed by atoms with E-state index in [1.54, 1.807) is 0 Å². The fourth-order valence-corrected chi connectivity index (χ4v) is 1.67. The highest BCUT2D eigenvalue weighted by molar-refractivity contribution is 5.92. The van der Waals surface area contributed by atoms with E-state index in [9.17, 15) is 4.79 Å². The first kappa shape index (κ1) is 11.0. The Morgan fingerprint density at radius 1 is 1.69 bits per heavy atom. The largest absolute Gasteiger partial charge is 0.356 e. The third kappa shape index (κ3) is 2.35. The maximum absolute atomic E-state index is 11.8. The van der Waals surface area contributed by atoms with Gasteiger partial charge in [-0.15, -0.1) is 0 Å². The number of hydrogen-bond donors (Lipinski definition) is 2. The van der Waals surface area contributed by atoms with Crippen LogP contribution >= 0.6 is 0 Å². The van der Waals surface area contributed by atoms with E-state index in [0.29, 0.717) is 18.2 Å². The number of rotatable bonds is 3. The first-order valence-corrected chi connectivity index (χ1v) is 5.76. The first-order valence-electron chi connectivity index (χ1n) is 5.76. The van der Waals surface area contributed by atoms with Crippen molar-refractivity contribution < 1.29 is 4.79 Å². The summed E-state index contributed by atoms with van der Waals surface area (Å²) in [6.45, 7) is 6.70. The highest BCUT2D eigenvalue weighted by atomic mass is 16.1. The van der Waals surface area contributed by atoms with Gasteiger partial charge in [-0.1, -0.05) is 13.8 Å². The van der Waals surface area contributed by atoms with Crippen LogP contribution < -0.4 is 10.6 Å². The van der Waals surface area contributed by atoms with E-state index in [-0.39, 0.29) is 5.91 Å². The standard InChI is InChI=1S/C11H18N4O/c1-8(2)6-13-10(16)9-7-15-5-3-4-12-11(15)14-9/h7-8H,3-6H2,1-2H3,(H,12,14)(H,13,16). The van der Waals surface area contributed by atoms with Crippen molar-refractivity contribution in [3.05, 3.63) is 11.9 Å². The lowest BCUT2D eigenvalue weighted by Gasteiger charge is -2.14. The van der Waals surface area contributed by atoms with Gasteiger partial charge >= 0.3 is 0 Å². The van der Waals surface area contributed by atoms with Crippen LogP contribution in [0, 0.1) is 5.92 Å². The molecule has 0 fully saturated rings. The topological polar surface area (TPSA) is 59.0 Å². The van der Waals surface area contributed by atoms with Gasteiger partial charge < -0.3 is 15.2 Å². The maximum atomic E-state index is 11.8. The van der Waals surface area contributed by atoms with E-state index < -0.39 is 0 Å². The quantitative estimate of drug-likeness (QED) is 0.804. The van der Waals surface area contributed by atoms with Crippen LogP contribution in [-0.2, 0) is 6.54 Å². The maximum Gasteiger partial charge on any atom is 0.271 e. The Balaban J connectivity index is 2.03. The minimum atomic E-state index is -0.0857. The number of nitrogens with one attached hydrogen (secondary N) is 2. The van der Waals surface area contributed by atoms with Crippen molar-refractivity contribution in [2.45, 2.75) is 26.8 Å². The van der Waals surface area contributed by atoms with Gasteiger partial charge in [-0.05, 0) is 12.3 Å². The molecule has 0 saturated heterocycles. The number of fused-ring (bicyclic) bond motifs is 1. The third-order valence-corrected chi connectivity index (χ3v) is 2.54. The van der Waals surface area contributed by atoms with Crippen molar-refractivity contribution in [3.8, 4) is 0 Å². The molecule has 1 aliphatic heterocycles. The van der Waals surface area contributed by atoms with Gasteiger partial charge in [0.2, 0.25) is 5.95 Å². The second-order valence-corrected chi connectivity index (χ2v) is 4.53. The van der Waals surface area contributed by atoms with Gasteiger partial charge in [-0.2, -0.15) is 0 Å². The summed E-state index contributed by atoms with van der Waals surface area (Å²) >= 11 is 0. The molecular formula is C11H18N4O. The molecule has 16 heavy (non-hydrogen) atoms. The van der Waals surface area contributed by atoms with Crippen LogP contribution in [0.2, 0.25) is 0 Å². The Hall–Kier alpha value is -1.52. The van der Waals surface area contributed by atoms with Gasteiger partial charge in [-0.3, -0.25) is 4.79 Å². The van der Waals surface area contributed by atoms with Gasteiger partial charge in [-0.25, -0.2) is 4.98 Å². The van der Waals surface area contributed by atoms with Crippen molar-refractivity contribution in [2.75, 3.05) is 18.4 Å². The summed E-state index contributed by atoms with van der Waals surface area (Å²) in [5.74, 6) is 1.18. The zero-order chi connectivity index (χ0) is 11.5. The molecule has 0 unspecified atom stereocenters. The van der Waals surface area contributed by atoms with Crippen LogP contribution in [0.5, 0.6) is 0 Å². The summed E-state index contributed by atoms with van der Waals surface area (Å²) in [6.07, 6.45) is 2.90. The minimum absolute atomic E-state index is 0.0857. The van der Waals surface area contributed by atoms with Gasteiger partial charge in [0.25, 0.3) is 5.91 Å². The molecular weight excluding hydrogens is 204 g/mol. The molecule has 1 aliphatic rings. The predicted molar refractivity (Wildman–Crippen MR) is 62.5 cm³/mol. The lowest BCUT2D eigenvalue weighted by molar-refractivity contribution is 0.0944. The smallest absolute Gasteiger partial charge is 0.271 e. The Labute approximate surface area is 95.2 Å². The summed E-state index contributed by atoms with van der Waals surface area (Å²) < 4.78 is 1.99. The van der Waals surface area contributed by atoms with Gasteiger partial charge in [0.15, 0.2) is 0 Å². The first-order chi connectivity index (χ1) is 7.66. The van der Waals surface area contributed by atoms with Gasteiger partial charge in [0.1, 0.15) is 5.69 Å². The van der Waals surface area contributed by atoms with E-state index in [2.05, 4.69) is 29.5 Å². The zero-order valence-corrected chi connectivity index (χ0v) is 9.79. The van der Waals surface area contributed by atoms with Crippen molar-refractivity contribution >= 4 is 11.9 Å². The summed E-state index contributed by atoms with van der Waals surface area (Å²) in [5.41, 5.74) is 0.505. The summed E-state index contributed by atoms with van der Waals surface area (Å²) in [7, 11) is 0. The minimum Gasteiger partial charge on any atom is -0.356 e. The van der Waals surface area contributed by atoms with Crippen LogP contribution in [0.25, 0.3) is 0 Å². The SMILES string of the molecule is CC(C)CNC(=O)c1cn2c(n1)NCCC2. The van der Waals surface area contributed by atoms with Crippen LogP contribution in [-0.4, -0.2) is 28.5 Å². The zero-order valence-electron chi connectivity index (χ0n) is 9.79. The number of nitrogens with zero attached hydrogens (tertiary/aromatic N) is 2. The molecule has 2 rings (SSSR count). The predicted octanol–water partition coefficient (Wildman–Crippen LogP) is 1.08. The number of aryl methyl sites for hydroxylation is 1. The van der Waals surface area contributed by atoms with Crippen LogP contribution in [0.3, 0.4) is 0 Å². The Kier molecular flexibility index (Phi) is 3.12. The molecule has 0 aliphatic carbocycles. The molecule has 1 amide bonds. The number of carbonyl (C=O) groups is 1. The molecule has 2 heterocycles. The van der Waals surface area contributed by atoms with Gasteiger partial charge in [0, 0.05) is 25.8 Å². The molecule has 0 atom stereocenters. The fourth-order valence-electron chi connectivity index (χ4n) is 1.67. The molecule has 5 nitrogen and oxygen atoms in total. The molecule has 0 radical (unpaired) electrons.